The van der Waals surface area contributed by atoms with Crippen molar-refractivity contribution in [2.75, 3.05) is 13.2 Å². The summed E-state index contributed by atoms with van der Waals surface area (Å²) in [6.07, 6.45) is 8.80. The van der Waals surface area contributed by atoms with Crippen LogP contribution >= 0.6 is 0 Å². The van der Waals surface area contributed by atoms with Gasteiger partial charge in [-0.1, -0.05) is 19.3 Å². The third-order valence-electron chi connectivity index (χ3n) is 3.93. The van der Waals surface area contributed by atoms with Gasteiger partial charge in [0.2, 0.25) is 0 Å². The van der Waals surface area contributed by atoms with Crippen molar-refractivity contribution < 1.29 is 4.74 Å². The fourth-order valence-corrected chi connectivity index (χ4v) is 2.90. The van der Waals surface area contributed by atoms with Crippen LogP contribution < -0.4 is 0 Å². The van der Waals surface area contributed by atoms with Crippen LogP contribution in [0.4, 0.5) is 0 Å². The number of fused-ring (bicyclic) bond motifs is 1. The first-order valence-corrected chi connectivity index (χ1v) is 6.95. The van der Waals surface area contributed by atoms with E-state index in [4.69, 9.17) is 4.74 Å². The lowest BCUT2D eigenvalue weighted by molar-refractivity contribution is 0.192. The summed E-state index contributed by atoms with van der Waals surface area (Å²) in [5.74, 6) is 2.87. The normalized spacial score (nSPS) is 26.0. The Labute approximate surface area is 102 Å². The number of hydrogen-bond acceptors (Lipinski definition) is 3. The van der Waals surface area contributed by atoms with Gasteiger partial charge in [0, 0.05) is 25.5 Å². The minimum atomic E-state index is 0.483. The van der Waals surface area contributed by atoms with Gasteiger partial charge in [-0.05, 0) is 19.3 Å². The molecule has 0 bridgehead atoms. The number of nitrogens with zero attached hydrogens (tertiary/aromatic N) is 3. The van der Waals surface area contributed by atoms with Crippen molar-refractivity contribution in [3.8, 4) is 0 Å². The van der Waals surface area contributed by atoms with Gasteiger partial charge in [-0.2, -0.15) is 0 Å². The van der Waals surface area contributed by atoms with Crippen molar-refractivity contribution in [3.63, 3.8) is 0 Å². The first-order valence-electron chi connectivity index (χ1n) is 6.95. The lowest BCUT2D eigenvalue weighted by atomic mass is 10.1. The molecule has 3 rings (SSSR count). The summed E-state index contributed by atoms with van der Waals surface area (Å²) in [5.41, 5.74) is 0. The largest absolute Gasteiger partial charge is 0.381 e. The van der Waals surface area contributed by atoms with Crippen LogP contribution in [0, 0.1) is 0 Å². The highest BCUT2D eigenvalue weighted by Crippen LogP contribution is 2.25. The highest BCUT2D eigenvalue weighted by Gasteiger charge is 2.25. The van der Waals surface area contributed by atoms with Gasteiger partial charge in [0.05, 0.1) is 6.61 Å². The molecule has 0 saturated carbocycles. The molecule has 1 atom stereocenters. The molecule has 3 heterocycles. The summed E-state index contributed by atoms with van der Waals surface area (Å²) in [7, 11) is 0. The van der Waals surface area contributed by atoms with E-state index in [1.165, 1.54) is 43.8 Å². The Kier molecular flexibility index (Phi) is 3.41. The Hall–Kier alpha value is -0.900. The number of ether oxygens (including phenoxy) is 1. The molecule has 0 amide bonds. The zero-order valence-corrected chi connectivity index (χ0v) is 10.4. The molecular formula is C13H21N3O. The van der Waals surface area contributed by atoms with Crippen LogP contribution in [0.3, 0.4) is 0 Å². The maximum atomic E-state index is 5.47. The highest BCUT2D eigenvalue weighted by molar-refractivity contribution is 5.04. The van der Waals surface area contributed by atoms with Crippen LogP contribution in [0.5, 0.6) is 0 Å². The standard InChI is InChI=1S/C13H21N3O/c1-2-4-6-12-14-15-13(11-7-9-17-10-11)16(12)8-5-3-1/h11H,1-10H2. The number of aryl methyl sites for hydroxylation is 1. The monoisotopic (exact) mass is 235 g/mol. The molecule has 0 aromatic carbocycles. The van der Waals surface area contributed by atoms with Gasteiger partial charge in [-0.3, -0.25) is 0 Å². The fourth-order valence-electron chi connectivity index (χ4n) is 2.90. The predicted octanol–water partition coefficient (Wildman–Crippen LogP) is 2.29. The predicted molar refractivity (Wildman–Crippen MR) is 65.0 cm³/mol. The van der Waals surface area contributed by atoms with E-state index >= 15 is 0 Å². The molecule has 0 N–H and O–H groups in total. The van der Waals surface area contributed by atoms with E-state index in [2.05, 4.69) is 14.8 Å². The summed E-state index contributed by atoms with van der Waals surface area (Å²) in [6.45, 7) is 2.82. The topological polar surface area (TPSA) is 39.9 Å². The van der Waals surface area contributed by atoms with Crippen LogP contribution in [0.2, 0.25) is 0 Å². The van der Waals surface area contributed by atoms with Crippen LogP contribution in [0.15, 0.2) is 0 Å². The molecule has 4 nitrogen and oxygen atoms in total. The molecule has 94 valence electrons. The summed E-state index contributed by atoms with van der Waals surface area (Å²) in [6, 6.07) is 0. The smallest absolute Gasteiger partial charge is 0.138 e. The Morgan fingerprint density at radius 1 is 1.06 bits per heavy atom. The average Bonchev–Trinajstić information content (AvgIpc) is 2.97. The zero-order chi connectivity index (χ0) is 11.5. The van der Waals surface area contributed by atoms with Crippen molar-refractivity contribution in [2.45, 2.75) is 57.4 Å². The molecule has 1 aromatic rings. The second-order valence-corrected chi connectivity index (χ2v) is 5.20. The second kappa shape index (κ2) is 5.17. The molecule has 1 fully saturated rings. The van der Waals surface area contributed by atoms with Crippen LogP contribution in [0.25, 0.3) is 0 Å². The van der Waals surface area contributed by atoms with Crippen molar-refractivity contribution in [1.82, 2.24) is 14.8 Å². The van der Waals surface area contributed by atoms with Gasteiger partial charge < -0.3 is 9.30 Å². The minimum Gasteiger partial charge on any atom is -0.381 e. The summed E-state index contributed by atoms with van der Waals surface area (Å²) >= 11 is 0. The molecule has 2 aliphatic rings. The van der Waals surface area contributed by atoms with Crippen LogP contribution in [-0.2, 0) is 17.7 Å². The Bertz CT molecular complexity index is 369. The van der Waals surface area contributed by atoms with Gasteiger partial charge in [-0.25, -0.2) is 0 Å². The Morgan fingerprint density at radius 2 is 1.94 bits per heavy atom. The van der Waals surface area contributed by atoms with Crippen molar-refractivity contribution in [2.24, 2.45) is 0 Å². The number of aromatic nitrogens is 3. The van der Waals surface area contributed by atoms with Crippen molar-refractivity contribution >= 4 is 0 Å². The maximum Gasteiger partial charge on any atom is 0.138 e. The Morgan fingerprint density at radius 3 is 2.82 bits per heavy atom. The molecular weight excluding hydrogens is 214 g/mol. The highest BCUT2D eigenvalue weighted by atomic mass is 16.5. The third kappa shape index (κ3) is 2.37. The van der Waals surface area contributed by atoms with E-state index in [0.717, 1.165) is 32.6 Å². The van der Waals surface area contributed by atoms with E-state index in [0.29, 0.717) is 5.92 Å². The second-order valence-electron chi connectivity index (χ2n) is 5.20. The Balaban J connectivity index is 1.84. The summed E-state index contributed by atoms with van der Waals surface area (Å²) in [4.78, 5) is 0. The lowest BCUT2D eigenvalue weighted by Crippen LogP contribution is -2.12. The first kappa shape index (κ1) is 11.2. The average molecular weight is 235 g/mol. The minimum absolute atomic E-state index is 0.483. The fraction of sp³-hybridized carbons (Fsp3) is 0.846. The van der Waals surface area contributed by atoms with Gasteiger partial charge in [-0.15, -0.1) is 10.2 Å². The van der Waals surface area contributed by atoms with Gasteiger partial charge in [0.25, 0.3) is 0 Å². The molecule has 4 heteroatoms. The van der Waals surface area contributed by atoms with E-state index in [1.807, 2.05) is 0 Å². The van der Waals surface area contributed by atoms with Crippen molar-refractivity contribution in [3.05, 3.63) is 11.6 Å². The molecule has 2 aliphatic heterocycles. The molecule has 1 saturated heterocycles. The van der Waals surface area contributed by atoms with Crippen LogP contribution in [0.1, 0.15) is 56.1 Å². The molecule has 0 aliphatic carbocycles. The van der Waals surface area contributed by atoms with E-state index in [1.54, 1.807) is 0 Å². The van der Waals surface area contributed by atoms with Crippen molar-refractivity contribution in [1.29, 1.82) is 0 Å². The van der Waals surface area contributed by atoms with Gasteiger partial charge in [0.1, 0.15) is 11.6 Å². The van der Waals surface area contributed by atoms with Gasteiger partial charge >= 0.3 is 0 Å². The maximum absolute atomic E-state index is 5.47. The molecule has 1 aromatic heterocycles. The third-order valence-corrected chi connectivity index (χ3v) is 3.93. The lowest BCUT2D eigenvalue weighted by Gasteiger charge is -2.12. The molecule has 17 heavy (non-hydrogen) atoms. The molecule has 0 radical (unpaired) electrons. The SMILES string of the molecule is C1CCCc2nnc(C3CCOC3)n2CCC1. The number of hydrogen-bond donors (Lipinski definition) is 0. The van der Waals surface area contributed by atoms with Crippen LogP contribution in [-0.4, -0.2) is 28.0 Å². The van der Waals surface area contributed by atoms with E-state index in [-0.39, 0.29) is 0 Å². The summed E-state index contributed by atoms with van der Waals surface area (Å²) in [5, 5.41) is 8.83. The molecule has 1 unspecified atom stereocenters. The zero-order valence-electron chi connectivity index (χ0n) is 10.4. The summed E-state index contributed by atoms with van der Waals surface area (Å²) < 4.78 is 7.85. The first-order chi connectivity index (χ1) is 8.45. The molecule has 0 spiro atoms. The van der Waals surface area contributed by atoms with Gasteiger partial charge in [0.15, 0.2) is 0 Å². The quantitative estimate of drug-likeness (QED) is 0.749. The van der Waals surface area contributed by atoms with E-state index < -0.39 is 0 Å². The number of rotatable bonds is 1. The van der Waals surface area contributed by atoms with E-state index in [9.17, 15) is 0 Å².